The van der Waals surface area contributed by atoms with Gasteiger partial charge in [0.05, 0.1) is 5.69 Å². The third kappa shape index (κ3) is 1.50. The second-order valence-electron chi connectivity index (χ2n) is 4.51. The first kappa shape index (κ1) is 10.1. The van der Waals surface area contributed by atoms with E-state index in [2.05, 4.69) is 5.32 Å². The standard InChI is InChI=1S/C11H14N2O2S/c1-13-5-8-9(10(13)11(14)15)12-4-7(16-8)6-2-3-6/h5-7,12H,2-4H2,1H3,(H,14,15). The number of aryl methyl sites for hydroxylation is 1. The summed E-state index contributed by atoms with van der Waals surface area (Å²) >= 11 is 1.83. The molecule has 0 saturated heterocycles. The van der Waals surface area contributed by atoms with E-state index in [1.807, 2.05) is 18.0 Å². The number of aromatic nitrogens is 1. The Morgan fingerprint density at radius 1 is 1.62 bits per heavy atom. The molecule has 1 aromatic heterocycles. The number of carbonyl (C=O) groups is 1. The number of thioether (sulfide) groups is 1. The van der Waals surface area contributed by atoms with Crippen LogP contribution in [-0.4, -0.2) is 27.4 Å². The highest BCUT2D eigenvalue weighted by molar-refractivity contribution is 8.00. The van der Waals surface area contributed by atoms with E-state index in [-0.39, 0.29) is 0 Å². The zero-order valence-corrected chi connectivity index (χ0v) is 9.88. The average molecular weight is 238 g/mol. The van der Waals surface area contributed by atoms with E-state index in [0.29, 0.717) is 10.9 Å². The number of carboxylic acids is 1. The van der Waals surface area contributed by atoms with Gasteiger partial charge in [-0.1, -0.05) is 0 Å². The fourth-order valence-electron chi connectivity index (χ4n) is 2.25. The second kappa shape index (κ2) is 3.45. The summed E-state index contributed by atoms with van der Waals surface area (Å²) < 4.78 is 1.70. The van der Waals surface area contributed by atoms with Crippen LogP contribution in [0.3, 0.4) is 0 Å². The van der Waals surface area contributed by atoms with Crippen LogP contribution in [0.4, 0.5) is 5.69 Å². The van der Waals surface area contributed by atoms with Crippen molar-refractivity contribution in [1.82, 2.24) is 4.57 Å². The van der Waals surface area contributed by atoms with Crippen LogP contribution in [0.2, 0.25) is 0 Å². The molecular formula is C11H14N2O2S. The number of hydrogen-bond donors (Lipinski definition) is 2. The predicted octanol–water partition coefficient (Wildman–Crippen LogP) is 2.02. The fourth-order valence-corrected chi connectivity index (χ4v) is 3.72. The van der Waals surface area contributed by atoms with Gasteiger partial charge in [-0.15, -0.1) is 11.8 Å². The molecule has 2 N–H and O–H groups in total. The number of nitrogens with one attached hydrogen (secondary N) is 1. The lowest BCUT2D eigenvalue weighted by Crippen LogP contribution is -2.23. The maximum absolute atomic E-state index is 11.1. The number of anilines is 1. The number of nitrogens with zero attached hydrogens (tertiary/aromatic N) is 1. The molecule has 2 heterocycles. The van der Waals surface area contributed by atoms with Crippen LogP contribution < -0.4 is 5.32 Å². The van der Waals surface area contributed by atoms with Crippen LogP contribution in [-0.2, 0) is 7.05 Å². The number of hydrogen-bond acceptors (Lipinski definition) is 3. The summed E-state index contributed by atoms with van der Waals surface area (Å²) in [5, 5.41) is 13.0. The molecule has 0 amide bonds. The van der Waals surface area contributed by atoms with Gasteiger partial charge in [-0.2, -0.15) is 0 Å². The fraction of sp³-hybridized carbons (Fsp3) is 0.545. The zero-order chi connectivity index (χ0) is 11.3. The van der Waals surface area contributed by atoms with E-state index in [1.165, 1.54) is 12.8 Å². The van der Waals surface area contributed by atoms with Gasteiger partial charge in [0.15, 0.2) is 5.69 Å². The molecule has 1 unspecified atom stereocenters. The van der Waals surface area contributed by atoms with E-state index in [9.17, 15) is 4.79 Å². The molecule has 5 heteroatoms. The molecule has 3 rings (SSSR count). The first-order chi connectivity index (χ1) is 7.66. The summed E-state index contributed by atoms with van der Waals surface area (Å²) in [6.45, 7) is 0.895. The van der Waals surface area contributed by atoms with Gasteiger partial charge in [-0.3, -0.25) is 0 Å². The molecule has 0 spiro atoms. The van der Waals surface area contributed by atoms with Crippen LogP contribution in [0, 0.1) is 5.92 Å². The van der Waals surface area contributed by atoms with Crippen molar-refractivity contribution in [2.24, 2.45) is 13.0 Å². The van der Waals surface area contributed by atoms with Gasteiger partial charge in [0.1, 0.15) is 0 Å². The number of carboxylic acid groups (broad SMARTS) is 1. The molecule has 0 aromatic carbocycles. The maximum Gasteiger partial charge on any atom is 0.354 e. The summed E-state index contributed by atoms with van der Waals surface area (Å²) in [7, 11) is 1.79. The number of aromatic carboxylic acids is 1. The Hall–Kier alpha value is -1.10. The molecule has 0 bridgehead atoms. The van der Waals surface area contributed by atoms with E-state index < -0.39 is 5.97 Å². The maximum atomic E-state index is 11.1. The van der Waals surface area contributed by atoms with E-state index in [4.69, 9.17) is 5.11 Å². The number of fused-ring (bicyclic) bond motifs is 1. The summed E-state index contributed by atoms with van der Waals surface area (Å²) in [6.07, 6.45) is 4.57. The third-order valence-electron chi connectivity index (χ3n) is 3.26. The normalized spacial score (nSPS) is 23.7. The minimum Gasteiger partial charge on any atom is -0.477 e. The van der Waals surface area contributed by atoms with E-state index >= 15 is 0 Å². The Kier molecular flexibility index (Phi) is 2.17. The highest BCUT2D eigenvalue weighted by atomic mass is 32.2. The van der Waals surface area contributed by atoms with Crippen molar-refractivity contribution >= 4 is 23.4 Å². The van der Waals surface area contributed by atoms with Crippen LogP contribution >= 0.6 is 11.8 Å². The molecule has 16 heavy (non-hydrogen) atoms. The molecule has 1 aliphatic heterocycles. The molecule has 2 aliphatic rings. The van der Waals surface area contributed by atoms with Gasteiger partial charge in [0, 0.05) is 29.9 Å². The van der Waals surface area contributed by atoms with Crippen molar-refractivity contribution in [2.45, 2.75) is 23.0 Å². The average Bonchev–Trinajstić information content (AvgIpc) is 2.99. The third-order valence-corrected chi connectivity index (χ3v) is 4.67. The predicted molar refractivity (Wildman–Crippen MR) is 63.2 cm³/mol. The molecular weight excluding hydrogens is 224 g/mol. The molecule has 1 aromatic rings. The zero-order valence-electron chi connectivity index (χ0n) is 9.06. The molecule has 1 saturated carbocycles. The minimum atomic E-state index is -0.860. The highest BCUT2D eigenvalue weighted by Gasteiger charge is 2.36. The Balaban J connectivity index is 1.94. The van der Waals surface area contributed by atoms with E-state index in [0.717, 1.165) is 23.0 Å². The van der Waals surface area contributed by atoms with Gasteiger partial charge in [0.25, 0.3) is 0 Å². The highest BCUT2D eigenvalue weighted by Crippen LogP contribution is 2.47. The SMILES string of the molecule is Cn1cc2c(c1C(=O)O)NCC(C1CC1)S2. The van der Waals surface area contributed by atoms with Gasteiger partial charge in [0.2, 0.25) is 0 Å². The summed E-state index contributed by atoms with van der Waals surface area (Å²) in [6, 6.07) is 0. The largest absolute Gasteiger partial charge is 0.477 e. The molecule has 0 radical (unpaired) electrons. The Morgan fingerprint density at radius 2 is 2.38 bits per heavy atom. The van der Waals surface area contributed by atoms with Gasteiger partial charge >= 0.3 is 5.97 Å². The molecule has 1 atom stereocenters. The molecule has 86 valence electrons. The molecule has 1 aliphatic carbocycles. The van der Waals surface area contributed by atoms with Crippen molar-refractivity contribution < 1.29 is 9.90 Å². The lowest BCUT2D eigenvalue weighted by molar-refractivity contribution is 0.0687. The van der Waals surface area contributed by atoms with E-state index in [1.54, 1.807) is 11.6 Å². The van der Waals surface area contributed by atoms with Crippen molar-refractivity contribution in [3.63, 3.8) is 0 Å². The van der Waals surface area contributed by atoms with Crippen molar-refractivity contribution in [3.05, 3.63) is 11.9 Å². The minimum absolute atomic E-state index is 0.372. The first-order valence-electron chi connectivity index (χ1n) is 5.50. The number of rotatable bonds is 2. The Morgan fingerprint density at radius 3 is 3.00 bits per heavy atom. The van der Waals surface area contributed by atoms with Gasteiger partial charge in [-0.25, -0.2) is 4.79 Å². The first-order valence-corrected chi connectivity index (χ1v) is 6.38. The lowest BCUT2D eigenvalue weighted by atomic mass is 10.2. The van der Waals surface area contributed by atoms with Crippen LogP contribution in [0.5, 0.6) is 0 Å². The van der Waals surface area contributed by atoms with Crippen LogP contribution in [0.15, 0.2) is 11.1 Å². The van der Waals surface area contributed by atoms with Gasteiger partial charge < -0.3 is 15.0 Å². The van der Waals surface area contributed by atoms with Crippen molar-refractivity contribution in [3.8, 4) is 0 Å². The second-order valence-corrected chi connectivity index (χ2v) is 5.79. The van der Waals surface area contributed by atoms with Crippen LogP contribution in [0.1, 0.15) is 23.3 Å². The lowest BCUT2D eigenvalue weighted by Gasteiger charge is -2.23. The monoisotopic (exact) mass is 238 g/mol. The summed E-state index contributed by atoms with van der Waals surface area (Å²) in [4.78, 5) is 12.2. The van der Waals surface area contributed by atoms with Crippen molar-refractivity contribution in [1.29, 1.82) is 0 Å². The van der Waals surface area contributed by atoms with Crippen molar-refractivity contribution in [2.75, 3.05) is 11.9 Å². The Labute approximate surface area is 98.0 Å². The summed E-state index contributed by atoms with van der Waals surface area (Å²) in [5.74, 6) is -0.0270. The topological polar surface area (TPSA) is 54.3 Å². The quantitative estimate of drug-likeness (QED) is 0.827. The molecule has 1 fully saturated rings. The summed E-state index contributed by atoms with van der Waals surface area (Å²) in [5.41, 5.74) is 1.17. The van der Waals surface area contributed by atoms with Crippen LogP contribution in [0.25, 0.3) is 0 Å². The smallest absolute Gasteiger partial charge is 0.354 e. The molecule has 4 nitrogen and oxygen atoms in total. The van der Waals surface area contributed by atoms with Gasteiger partial charge in [-0.05, 0) is 18.8 Å². The Bertz CT molecular complexity index is 451.